The molecule has 1 aliphatic heterocycles. The summed E-state index contributed by atoms with van der Waals surface area (Å²) in [5.41, 5.74) is 3.56. The summed E-state index contributed by atoms with van der Waals surface area (Å²) in [6.45, 7) is 3.37. The number of rotatable bonds is 5. The molecule has 1 aromatic heterocycles. The molecule has 1 saturated heterocycles. The normalized spacial score (nSPS) is 21.7. The molecule has 1 amide bonds. The van der Waals surface area contributed by atoms with Gasteiger partial charge in [0.1, 0.15) is 6.61 Å². The summed E-state index contributed by atoms with van der Waals surface area (Å²) in [5.74, 6) is 0. The van der Waals surface area contributed by atoms with Gasteiger partial charge >= 0.3 is 6.09 Å². The number of ether oxygens (including phenoxy) is 1. The maximum Gasteiger partial charge on any atom is 0.410 e. The third-order valence-corrected chi connectivity index (χ3v) is 5.99. The zero-order valence-electron chi connectivity index (χ0n) is 17.1. The Bertz CT molecular complexity index is 814. The van der Waals surface area contributed by atoms with E-state index in [0.717, 1.165) is 38.0 Å². The number of benzene rings is 1. The van der Waals surface area contributed by atoms with E-state index in [4.69, 9.17) is 4.74 Å². The van der Waals surface area contributed by atoms with E-state index in [1.165, 1.54) is 17.7 Å². The summed E-state index contributed by atoms with van der Waals surface area (Å²) in [6.07, 6.45) is 5.06. The summed E-state index contributed by atoms with van der Waals surface area (Å²) < 4.78 is 5.61. The van der Waals surface area contributed by atoms with Crippen LogP contribution >= 0.6 is 0 Å². The van der Waals surface area contributed by atoms with Crippen LogP contribution in [0.3, 0.4) is 0 Å². The van der Waals surface area contributed by atoms with Crippen molar-refractivity contribution < 1.29 is 9.53 Å². The van der Waals surface area contributed by atoms with E-state index in [2.05, 4.69) is 28.3 Å². The van der Waals surface area contributed by atoms with Gasteiger partial charge in [-0.15, -0.1) is 0 Å². The average Bonchev–Trinajstić information content (AvgIpc) is 2.78. The lowest BCUT2D eigenvalue weighted by molar-refractivity contribution is 0.0575. The van der Waals surface area contributed by atoms with Crippen LogP contribution in [0.1, 0.15) is 35.7 Å². The molecule has 154 valence electrons. The fourth-order valence-electron chi connectivity index (χ4n) is 4.44. The molecular formula is C23H30N4O2. The smallest absolute Gasteiger partial charge is 0.410 e. The zero-order chi connectivity index (χ0) is 20.1. The summed E-state index contributed by atoms with van der Waals surface area (Å²) in [5, 5.41) is 3.43. The highest BCUT2D eigenvalue weighted by atomic mass is 16.6. The van der Waals surface area contributed by atoms with Crippen LogP contribution in [0.15, 0.2) is 48.7 Å². The van der Waals surface area contributed by atoms with Gasteiger partial charge in [0.2, 0.25) is 0 Å². The molecule has 1 aromatic carbocycles. The first kappa shape index (κ1) is 19.9. The van der Waals surface area contributed by atoms with E-state index in [9.17, 15) is 4.79 Å². The first-order valence-electron chi connectivity index (χ1n) is 10.5. The highest BCUT2D eigenvalue weighted by Gasteiger charge is 2.32. The van der Waals surface area contributed by atoms with Gasteiger partial charge < -0.3 is 15.0 Å². The molecule has 0 radical (unpaired) electrons. The van der Waals surface area contributed by atoms with Crippen LogP contribution in [0, 0.1) is 0 Å². The zero-order valence-corrected chi connectivity index (χ0v) is 17.1. The average molecular weight is 395 g/mol. The first-order chi connectivity index (χ1) is 14.2. The molecule has 0 spiro atoms. The van der Waals surface area contributed by atoms with E-state index in [1.54, 1.807) is 0 Å². The van der Waals surface area contributed by atoms with E-state index in [0.29, 0.717) is 19.2 Å². The number of likely N-dealkylation sites (N-methyl/N-ethyl adjacent to an activating group) is 1. The van der Waals surface area contributed by atoms with Gasteiger partial charge in [-0.1, -0.05) is 36.4 Å². The molecule has 4 rings (SSSR count). The summed E-state index contributed by atoms with van der Waals surface area (Å²) in [7, 11) is 2.15. The number of carbonyl (C=O) groups is 1. The van der Waals surface area contributed by atoms with Crippen molar-refractivity contribution >= 4 is 6.09 Å². The van der Waals surface area contributed by atoms with Crippen molar-refractivity contribution in [2.45, 2.75) is 38.0 Å². The lowest BCUT2D eigenvalue weighted by Gasteiger charge is -2.40. The molecule has 2 aromatic rings. The number of nitrogens with zero attached hydrogens (tertiary/aromatic N) is 3. The molecule has 29 heavy (non-hydrogen) atoms. The first-order valence-corrected chi connectivity index (χ1v) is 10.5. The number of nitrogens with one attached hydrogen (secondary N) is 1. The third-order valence-electron chi connectivity index (χ3n) is 5.99. The molecule has 1 fully saturated rings. The number of fused-ring (bicyclic) bond motifs is 1. The van der Waals surface area contributed by atoms with Crippen LogP contribution < -0.4 is 5.32 Å². The highest BCUT2D eigenvalue weighted by molar-refractivity contribution is 5.68. The largest absolute Gasteiger partial charge is 0.445 e. The molecule has 2 aliphatic rings. The molecule has 1 aliphatic carbocycles. The van der Waals surface area contributed by atoms with Crippen molar-refractivity contribution in [1.82, 2.24) is 20.1 Å². The fourth-order valence-corrected chi connectivity index (χ4v) is 4.44. The van der Waals surface area contributed by atoms with Crippen LogP contribution in [0.25, 0.3) is 0 Å². The molecular weight excluding hydrogens is 364 g/mol. The van der Waals surface area contributed by atoms with Gasteiger partial charge in [0, 0.05) is 32.4 Å². The predicted octanol–water partition coefficient (Wildman–Crippen LogP) is 3.00. The SMILES string of the molecule is CN(C[C@@H]1CNCCN1C(=O)OCc1ccccc1)[C@H]1CCCc2cccnc21. The standard InChI is InChI=1S/C23H30N4O2/c1-26(21-11-5-9-19-10-6-12-25-22(19)21)16-20-15-24-13-14-27(20)23(28)29-17-18-7-3-2-4-8-18/h2-4,6-8,10,12,20-21,24H,5,9,11,13-17H2,1H3/t20-,21-/m0/s1. The number of hydrogen-bond acceptors (Lipinski definition) is 5. The van der Waals surface area contributed by atoms with Gasteiger partial charge in [-0.3, -0.25) is 9.88 Å². The van der Waals surface area contributed by atoms with Crippen molar-refractivity contribution in [3.8, 4) is 0 Å². The minimum absolute atomic E-state index is 0.0890. The second-order valence-corrected chi connectivity index (χ2v) is 7.99. The Kier molecular flexibility index (Phi) is 6.42. The summed E-state index contributed by atoms with van der Waals surface area (Å²) in [6, 6.07) is 14.5. The molecule has 6 heteroatoms. The lowest BCUT2D eigenvalue weighted by atomic mass is 9.91. The molecule has 0 saturated carbocycles. The molecule has 0 unspecified atom stereocenters. The van der Waals surface area contributed by atoms with E-state index >= 15 is 0 Å². The number of pyridine rings is 1. The number of carbonyl (C=O) groups excluding carboxylic acids is 1. The maximum atomic E-state index is 12.8. The van der Waals surface area contributed by atoms with Crippen molar-refractivity contribution in [3.63, 3.8) is 0 Å². The number of aromatic nitrogens is 1. The minimum atomic E-state index is -0.226. The monoisotopic (exact) mass is 394 g/mol. The van der Waals surface area contributed by atoms with Crippen molar-refractivity contribution in [3.05, 3.63) is 65.5 Å². The van der Waals surface area contributed by atoms with Gasteiger partial charge in [-0.25, -0.2) is 4.79 Å². The van der Waals surface area contributed by atoms with Crippen LogP contribution in [-0.2, 0) is 17.8 Å². The maximum absolute atomic E-state index is 12.8. The summed E-state index contributed by atoms with van der Waals surface area (Å²) >= 11 is 0. The van der Waals surface area contributed by atoms with Gasteiger partial charge in [0.15, 0.2) is 0 Å². The number of hydrogen-bond donors (Lipinski definition) is 1. The van der Waals surface area contributed by atoms with Gasteiger partial charge in [-0.2, -0.15) is 0 Å². The topological polar surface area (TPSA) is 57.7 Å². The van der Waals surface area contributed by atoms with Crippen molar-refractivity contribution in [1.29, 1.82) is 0 Å². The Labute approximate surface area is 172 Å². The second-order valence-electron chi connectivity index (χ2n) is 7.99. The minimum Gasteiger partial charge on any atom is -0.445 e. The highest BCUT2D eigenvalue weighted by Crippen LogP contribution is 2.32. The second kappa shape index (κ2) is 9.37. The van der Waals surface area contributed by atoms with Crippen LogP contribution in [0.2, 0.25) is 0 Å². The molecule has 2 atom stereocenters. The lowest BCUT2D eigenvalue weighted by Crippen LogP contribution is -2.57. The number of piperazine rings is 1. The van der Waals surface area contributed by atoms with Gasteiger partial charge in [0.25, 0.3) is 0 Å². The van der Waals surface area contributed by atoms with Crippen LogP contribution in [-0.4, -0.2) is 60.1 Å². The number of aryl methyl sites for hydroxylation is 1. The van der Waals surface area contributed by atoms with E-state index in [-0.39, 0.29) is 12.1 Å². The molecule has 1 N–H and O–H groups in total. The predicted molar refractivity (Wildman–Crippen MR) is 113 cm³/mol. The van der Waals surface area contributed by atoms with Crippen LogP contribution in [0.4, 0.5) is 4.79 Å². The molecule has 2 heterocycles. The third kappa shape index (κ3) is 4.77. The van der Waals surface area contributed by atoms with Gasteiger partial charge in [-0.05, 0) is 43.5 Å². The van der Waals surface area contributed by atoms with Crippen molar-refractivity contribution in [2.75, 3.05) is 33.2 Å². The van der Waals surface area contributed by atoms with E-state index < -0.39 is 0 Å². The Hall–Kier alpha value is -2.44. The quantitative estimate of drug-likeness (QED) is 0.845. The van der Waals surface area contributed by atoms with Crippen LogP contribution in [0.5, 0.6) is 0 Å². The Morgan fingerprint density at radius 3 is 3.00 bits per heavy atom. The Morgan fingerprint density at radius 2 is 2.14 bits per heavy atom. The summed E-state index contributed by atoms with van der Waals surface area (Å²) in [4.78, 5) is 21.7. The van der Waals surface area contributed by atoms with Crippen molar-refractivity contribution in [2.24, 2.45) is 0 Å². The Morgan fingerprint density at radius 1 is 1.28 bits per heavy atom. The van der Waals surface area contributed by atoms with Gasteiger partial charge in [0.05, 0.1) is 17.8 Å². The Balaban J connectivity index is 1.39. The molecule has 6 nitrogen and oxygen atoms in total. The fraction of sp³-hybridized carbons (Fsp3) is 0.478. The van der Waals surface area contributed by atoms with E-state index in [1.807, 2.05) is 47.5 Å². The number of amides is 1. The molecule has 0 bridgehead atoms.